The number of hydrogen-bond donors (Lipinski definition) is 2. The molecule has 0 saturated heterocycles. The van der Waals surface area contributed by atoms with Crippen LogP contribution in [0.1, 0.15) is 30.0 Å². The Bertz CT molecular complexity index is 544. The van der Waals surface area contributed by atoms with Crippen LogP contribution in [0.2, 0.25) is 0 Å². The minimum atomic E-state index is 0. The Morgan fingerprint density at radius 1 is 0.864 bits per heavy atom. The highest BCUT2D eigenvalue weighted by atomic mass is 127. The molecule has 3 rings (SSSR count). The lowest BCUT2D eigenvalue weighted by atomic mass is 9.99. The van der Waals surface area contributed by atoms with Crippen molar-refractivity contribution in [3.8, 4) is 0 Å². The van der Waals surface area contributed by atoms with Crippen molar-refractivity contribution in [3.05, 3.63) is 71.8 Å². The molecule has 0 amide bonds. The molecule has 2 N–H and O–H groups in total. The third-order valence-electron chi connectivity index (χ3n) is 3.69. The van der Waals surface area contributed by atoms with E-state index in [2.05, 4.69) is 64.2 Å². The van der Waals surface area contributed by atoms with E-state index >= 15 is 0 Å². The molecule has 0 aliphatic carbocycles. The van der Waals surface area contributed by atoms with Crippen molar-refractivity contribution in [1.29, 1.82) is 0 Å². The molecular formula is C18H22IN3. The molecule has 1 aliphatic rings. The maximum atomic E-state index is 4.61. The standard InChI is InChI=1S/C18H21N3.HI/c1-3-9-15(10-4-1)17(16-11-5-2-6-12-16)21-18-19-13-7-8-14-20-18;/h1-6,9-12,17H,7-8,13-14H2,(H2,19,20,21);1H. The number of benzene rings is 2. The van der Waals surface area contributed by atoms with E-state index < -0.39 is 0 Å². The van der Waals surface area contributed by atoms with E-state index in [0.29, 0.717) is 0 Å². The fourth-order valence-corrected chi connectivity index (χ4v) is 2.57. The van der Waals surface area contributed by atoms with E-state index in [1.165, 1.54) is 17.5 Å². The molecule has 1 aliphatic heterocycles. The number of guanidine groups is 1. The molecule has 3 nitrogen and oxygen atoms in total. The summed E-state index contributed by atoms with van der Waals surface area (Å²) in [4.78, 5) is 4.61. The van der Waals surface area contributed by atoms with Gasteiger partial charge in [0.2, 0.25) is 0 Å². The molecule has 0 bridgehead atoms. The van der Waals surface area contributed by atoms with Gasteiger partial charge in [0, 0.05) is 13.1 Å². The first-order chi connectivity index (χ1) is 10.4. The molecule has 116 valence electrons. The van der Waals surface area contributed by atoms with Crippen LogP contribution >= 0.6 is 24.0 Å². The first-order valence-electron chi connectivity index (χ1n) is 7.58. The predicted molar refractivity (Wildman–Crippen MR) is 103 cm³/mol. The van der Waals surface area contributed by atoms with Crippen molar-refractivity contribution in [2.75, 3.05) is 13.1 Å². The Morgan fingerprint density at radius 3 is 2.05 bits per heavy atom. The SMILES string of the molecule is I.c1ccc(C(NC2=NCCCCN2)c2ccccc2)cc1. The first-order valence-corrected chi connectivity index (χ1v) is 7.58. The van der Waals surface area contributed by atoms with E-state index in [-0.39, 0.29) is 30.0 Å². The molecule has 0 fully saturated rings. The summed E-state index contributed by atoms with van der Waals surface area (Å²) >= 11 is 0. The second kappa shape index (κ2) is 8.78. The van der Waals surface area contributed by atoms with Crippen LogP contribution < -0.4 is 10.6 Å². The molecule has 0 unspecified atom stereocenters. The van der Waals surface area contributed by atoms with E-state index in [9.17, 15) is 0 Å². The van der Waals surface area contributed by atoms with Gasteiger partial charge in [0.1, 0.15) is 0 Å². The van der Waals surface area contributed by atoms with Gasteiger partial charge < -0.3 is 10.6 Å². The summed E-state index contributed by atoms with van der Waals surface area (Å²) in [5.41, 5.74) is 2.50. The average Bonchev–Trinajstić information content (AvgIpc) is 2.83. The fourth-order valence-electron chi connectivity index (χ4n) is 2.57. The van der Waals surface area contributed by atoms with Gasteiger partial charge in [-0.05, 0) is 24.0 Å². The topological polar surface area (TPSA) is 36.4 Å². The van der Waals surface area contributed by atoms with Crippen LogP contribution in [-0.4, -0.2) is 19.0 Å². The van der Waals surface area contributed by atoms with Crippen LogP contribution in [0.5, 0.6) is 0 Å². The predicted octanol–water partition coefficient (Wildman–Crippen LogP) is 3.72. The number of aliphatic imine (C=N–C) groups is 1. The monoisotopic (exact) mass is 407 g/mol. The zero-order valence-electron chi connectivity index (χ0n) is 12.5. The van der Waals surface area contributed by atoms with E-state index in [0.717, 1.165) is 25.5 Å². The summed E-state index contributed by atoms with van der Waals surface area (Å²) in [5, 5.41) is 6.96. The van der Waals surface area contributed by atoms with Gasteiger partial charge in [0.15, 0.2) is 5.96 Å². The third kappa shape index (κ3) is 4.47. The molecule has 2 aromatic carbocycles. The zero-order chi connectivity index (χ0) is 14.3. The number of nitrogens with one attached hydrogen (secondary N) is 2. The van der Waals surface area contributed by atoms with Crippen molar-refractivity contribution >= 4 is 29.9 Å². The highest BCUT2D eigenvalue weighted by Gasteiger charge is 2.15. The summed E-state index contributed by atoms with van der Waals surface area (Å²) in [6.45, 7) is 1.88. The minimum absolute atomic E-state index is 0. The highest BCUT2D eigenvalue weighted by Crippen LogP contribution is 2.21. The van der Waals surface area contributed by atoms with Crippen molar-refractivity contribution in [1.82, 2.24) is 10.6 Å². The lowest BCUT2D eigenvalue weighted by Crippen LogP contribution is -2.39. The van der Waals surface area contributed by atoms with Crippen LogP contribution in [0.15, 0.2) is 65.7 Å². The Balaban J connectivity index is 0.00000176. The maximum Gasteiger partial charge on any atom is 0.192 e. The fraction of sp³-hybridized carbons (Fsp3) is 0.278. The van der Waals surface area contributed by atoms with E-state index in [4.69, 9.17) is 0 Å². The second-order valence-electron chi connectivity index (χ2n) is 5.26. The largest absolute Gasteiger partial charge is 0.356 e. The molecule has 22 heavy (non-hydrogen) atoms. The number of halogens is 1. The van der Waals surface area contributed by atoms with Gasteiger partial charge >= 0.3 is 0 Å². The molecule has 1 heterocycles. The van der Waals surface area contributed by atoms with Gasteiger partial charge in [-0.3, -0.25) is 4.99 Å². The number of rotatable bonds is 3. The summed E-state index contributed by atoms with van der Waals surface area (Å²) in [6, 6.07) is 21.2. The van der Waals surface area contributed by atoms with Crippen molar-refractivity contribution in [3.63, 3.8) is 0 Å². The highest BCUT2D eigenvalue weighted by molar-refractivity contribution is 14.0. The summed E-state index contributed by atoms with van der Waals surface area (Å²) in [5.74, 6) is 0.908. The summed E-state index contributed by atoms with van der Waals surface area (Å²) in [7, 11) is 0. The lowest BCUT2D eigenvalue weighted by molar-refractivity contribution is 0.715. The third-order valence-corrected chi connectivity index (χ3v) is 3.69. The van der Waals surface area contributed by atoms with Gasteiger partial charge in [-0.1, -0.05) is 60.7 Å². The van der Waals surface area contributed by atoms with Crippen LogP contribution in [0.4, 0.5) is 0 Å². The van der Waals surface area contributed by atoms with Crippen LogP contribution in [0.25, 0.3) is 0 Å². The van der Waals surface area contributed by atoms with E-state index in [1.54, 1.807) is 0 Å². The molecule has 0 atom stereocenters. The Hall–Kier alpha value is -1.56. The molecule has 0 saturated carbocycles. The van der Waals surface area contributed by atoms with E-state index in [1.807, 2.05) is 12.1 Å². The molecule has 0 aromatic heterocycles. The molecular weight excluding hydrogens is 385 g/mol. The Labute approximate surface area is 149 Å². The van der Waals surface area contributed by atoms with Crippen molar-refractivity contribution < 1.29 is 0 Å². The van der Waals surface area contributed by atoms with Crippen molar-refractivity contribution in [2.24, 2.45) is 4.99 Å². The summed E-state index contributed by atoms with van der Waals surface area (Å²) in [6.07, 6.45) is 2.33. The van der Waals surface area contributed by atoms with Crippen LogP contribution in [0.3, 0.4) is 0 Å². The number of nitrogens with zero attached hydrogens (tertiary/aromatic N) is 1. The first kappa shape index (κ1) is 16.8. The zero-order valence-corrected chi connectivity index (χ0v) is 14.9. The van der Waals surface area contributed by atoms with Crippen LogP contribution in [0, 0.1) is 0 Å². The average molecular weight is 407 g/mol. The molecule has 4 heteroatoms. The minimum Gasteiger partial charge on any atom is -0.356 e. The lowest BCUT2D eigenvalue weighted by Gasteiger charge is -2.22. The number of hydrogen-bond acceptors (Lipinski definition) is 3. The molecule has 2 aromatic rings. The quantitative estimate of drug-likeness (QED) is 0.761. The smallest absolute Gasteiger partial charge is 0.192 e. The van der Waals surface area contributed by atoms with Gasteiger partial charge in [0.25, 0.3) is 0 Å². The molecule has 0 radical (unpaired) electrons. The van der Waals surface area contributed by atoms with Crippen LogP contribution in [-0.2, 0) is 0 Å². The van der Waals surface area contributed by atoms with Gasteiger partial charge in [-0.2, -0.15) is 0 Å². The Kier molecular flexibility index (Phi) is 6.71. The van der Waals surface area contributed by atoms with Gasteiger partial charge in [-0.15, -0.1) is 24.0 Å². The Morgan fingerprint density at radius 2 is 1.45 bits per heavy atom. The normalized spacial score (nSPS) is 14.3. The van der Waals surface area contributed by atoms with Gasteiger partial charge in [0.05, 0.1) is 6.04 Å². The summed E-state index contributed by atoms with van der Waals surface area (Å²) < 4.78 is 0. The van der Waals surface area contributed by atoms with Crippen molar-refractivity contribution in [2.45, 2.75) is 18.9 Å². The van der Waals surface area contributed by atoms with Gasteiger partial charge in [-0.25, -0.2) is 0 Å². The second-order valence-corrected chi connectivity index (χ2v) is 5.26. The molecule has 0 spiro atoms. The maximum absolute atomic E-state index is 4.61.